The van der Waals surface area contributed by atoms with Gasteiger partial charge in [-0.05, 0) is 41.8 Å². The third-order valence-corrected chi connectivity index (χ3v) is 4.88. The first kappa shape index (κ1) is 18.3. The summed E-state index contributed by atoms with van der Waals surface area (Å²) in [6, 6.07) is 4.31. The molecule has 26 heavy (non-hydrogen) atoms. The molecule has 1 fully saturated rings. The van der Waals surface area contributed by atoms with Crippen LogP contribution in [0.2, 0.25) is 0 Å². The van der Waals surface area contributed by atoms with Gasteiger partial charge in [0.15, 0.2) is 0 Å². The maximum Gasteiger partial charge on any atom is 0.269 e. The Morgan fingerprint density at radius 1 is 1.54 bits per heavy atom. The lowest BCUT2D eigenvalue weighted by atomic mass is 10.2. The number of nitro groups is 1. The molecule has 2 aromatic rings. The molecule has 1 amide bonds. The molecule has 1 aliphatic heterocycles. The summed E-state index contributed by atoms with van der Waals surface area (Å²) >= 11 is 1.23. The number of amides is 1. The first-order valence-corrected chi connectivity index (χ1v) is 9.07. The first-order chi connectivity index (χ1) is 12.5. The number of rotatable bonds is 7. The van der Waals surface area contributed by atoms with Gasteiger partial charge in [0.1, 0.15) is 0 Å². The Balaban J connectivity index is 1.55. The minimum Gasteiger partial charge on any atom is -0.376 e. The monoisotopic (exact) mass is 378 g/mol. The Kier molecular flexibility index (Phi) is 5.78. The summed E-state index contributed by atoms with van der Waals surface area (Å²) in [5.74, 6) is -0.110. The van der Waals surface area contributed by atoms with Crippen LogP contribution in [0.3, 0.4) is 0 Å². The lowest BCUT2D eigenvalue weighted by molar-refractivity contribution is -0.384. The predicted octanol–water partition coefficient (Wildman–Crippen LogP) is 1.80. The van der Waals surface area contributed by atoms with Crippen LogP contribution < -0.4 is 5.32 Å². The average Bonchev–Trinajstić information content (AvgIpc) is 3.27. The number of thioether (sulfide) groups is 1. The van der Waals surface area contributed by atoms with Gasteiger partial charge in [-0.2, -0.15) is 0 Å². The van der Waals surface area contributed by atoms with Crippen LogP contribution in [-0.4, -0.2) is 49.5 Å². The van der Waals surface area contributed by atoms with Crippen molar-refractivity contribution in [3.8, 4) is 0 Å². The van der Waals surface area contributed by atoms with Gasteiger partial charge in [-0.3, -0.25) is 14.9 Å². The van der Waals surface area contributed by atoms with E-state index >= 15 is 0 Å². The Labute approximate surface area is 153 Å². The number of hydrogen-bond acceptors (Lipinski definition) is 8. The molecule has 1 aliphatic rings. The standard InChI is InChI=1S/C15H18N6O4S/c1-10-7-11(21(23)24)4-5-13(10)16-14(22)9-26-15-17-18-19-20(15)8-12-3-2-6-25-12/h4-5,7,12H,2-3,6,8-9H2,1H3,(H,16,22). The van der Waals surface area contributed by atoms with Gasteiger partial charge in [-0.25, -0.2) is 4.68 Å². The molecular formula is C15H18N6O4S. The molecular weight excluding hydrogens is 360 g/mol. The Morgan fingerprint density at radius 3 is 3.08 bits per heavy atom. The molecule has 1 aromatic heterocycles. The Morgan fingerprint density at radius 2 is 2.38 bits per heavy atom. The molecule has 0 saturated carbocycles. The van der Waals surface area contributed by atoms with Gasteiger partial charge in [-0.15, -0.1) is 5.10 Å². The molecule has 1 aromatic carbocycles. The zero-order valence-corrected chi connectivity index (χ0v) is 14.9. The minimum atomic E-state index is -0.470. The van der Waals surface area contributed by atoms with Gasteiger partial charge in [0.2, 0.25) is 11.1 Å². The van der Waals surface area contributed by atoms with E-state index in [1.54, 1.807) is 11.6 Å². The molecule has 0 spiro atoms. The van der Waals surface area contributed by atoms with Crippen LogP contribution in [0.4, 0.5) is 11.4 Å². The number of anilines is 1. The second-order valence-corrected chi connectivity index (χ2v) is 6.81. The largest absolute Gasteiger partial charge is 0.376 e. The molecule has 1 atom stereocenters. The maximum absolute atomic E-state index is 12.2. The SMILES string of the molecule is Cc1cc([N+](=O)[O-])ccc1NC(=O)CSc1nnnn1CC1CCCO1. The molecule has 1 N–H and O–H groups in total. The van der Waals surface area contributed by atoms with Crippen LogP contribution in [0.1, 0.15) is 18.4 Å². The van der Waals surface area contributed by atoms with E-state index in [0.717, 1.165) is 19.4 Å². The van der Waals surface area contributed by atoms with Crippen LogP contribution in [-0.2, 0) is 16.1 Å². The number of nitro benzene ring substituents is 1. The highest BCUT2D eigenvalue weighted by atomic mass is 32.2. The van der Waals surface area contributed by atoms with Crippen molar-refractivity contribution < 1.29 is 14.5 Å². The van der Waals surface area contributed by atoms with Crippen molar-refractivity contribution >= 4 is 29.0 Å². The number of non-ortho nitro benzene ring substituents is 1. The normalized spacial score (nSPS) is 16.6. The van der Waals surface area contributed by atoms with Gasteiger partial charge in [-0.1, -0.05) is 11.8 Å². The Hall–Kier alpha value is -2.53. The average molecular weight is 378 g/mol. The molecule has 10 nitrogen and oxygen atoms in total. The van der Waals surface area contributed by atoms with E-state index in [-0.39, 0.29) is 23.5 Å². The fourth-order valence-electron chi connectivity index (χ4n) is 2.61. The van der Waals surface area contributed by atoms with Gasteiger partial charge in [0, 0.05) is 24.4 Å². The highest BCUT2D eigenvalue weighted by Gasteiger charge is 2.19. The summed E-state index contributed by atoms with van der Waals surface area (Å²) in [6.45, 7) is 3.03. The molecule has 0 radical (unpaired) electrons. The van der Waals surface area contributed by atoms with Gasteiger partial charge in [0.05, 0.1) is 23.3 Å². The number of benzene rings is 1. The van der Waals surface area contributed by atoms with E-state index in [9.17, 15) is 14.9 Å². The second kappa shape index (κ2) is 8.23. The van der Waals surface area contributed by atoms with Crippen LogP contribution >= 0.6 is 11.8 Å². The number of aromatic nitrogens is 4. The fourth-order valence-corrected chi connectivity index (χ4v) is 3.30. The highest BCUT2D eigenvalue weighted by Crippen LogP contribution is 2.22. The van der Waals surface area contributed by atoms with E-state index in [4.69, 9.17) is 4.74 Å². The Bertz CT molecular complexity index is 805. The number of tetrazole rings is 1. The lowest BCUT2D eigenvalue weighted by Crippen LogP contribution is -2.18. The molecule has 3 rings (SSSR count). The van der Waals surface area contributed by atoms with Crippen molar-refractivity contribution in [2.45, 2.75) is 37.6 Å². The lowest BCUT2D eigenvalue weighted by Gasteiger charge is -2.10. The van der Waals surface area contributed by atoms with E-state index in [1.807, 2.05) is 0 Å². The molecule has 2 heterocycles. The van der Waals surface area contributed by atoms with Crippen molar-refractivity contribution in [3.05, 3.63) is 33.9 Å². The molecule has 1 unspecified atom stereocenters. The molecule has 11 heteroatoms. The predicted molar refractivity (Wildman–Crippen MR) is 94.0 cm³/mol. The van der Waals surface area contributed by atoms with E-state index in [2.05, 4.69) is 20.8 Å². The molecule has 0 aliphatic carbocycles. The summed E-state index contributed by atoms with van der Waals surface area (Å²) in [7, 11) is 0. The number of carbonyl (C=O) groups is 1. The summed E-state index contributed by atoms with van der Waals surface area (Å²) in [5, 5.41) is 25.6. The molecule has 0 bridgehead atoms. The van der Waals surface area contributed by atoms with Crippen LogP contribution in [0.15, 0.2) is 23.4 Å². The summed E-state index contributed by atoms with van der Waals surface area (Å²) in [5.41, 5.74) is 1.16. The number of ether oxygens (including phenoxy) is 1. The number of nitrogens with zero attached hydrogens (tertiary/aromatic N) is 5. The van der Waals surface area contributed by atoms with Crippen molar-refractivity contribution in [3.63, 3.8) is 0 Å². The molecule has 1 saturated heterocycles. The smallest absolute Gasteiger partial charge is 0.269 e. The van der Waals surface area contributed by atoms with E-state index in [1.165, 1.54) is 30.0 Å². The van der Waals surface area contributed by atoms with Crippen LogP contribution in [0, 0.1) is 17.0 Å². The van der Waals surface area contributed by atoms with Crippen molar-refractivity contribution in [2.75, 3.05) is 17.7 Å². The number of nitrogens with one attached hydrogen (secondary N) is 1. The van der Waals surface area contributed by atoms with Crippen molar-refractivity contribution in [2.24, 2.45) is 0 Å². The second-order valence-electron chi connectivity index (χ2n) is 5.87. The number of carbonyl (C=O) groups excluding carboxylic acids is 1. The topological polar surface area (TPSA) is 125 Å². The molecule has 138 valence electrons. The summed E-state index contributed by atoms with van der Waals surface area (Å²) in [4.78, 5) is 22.5. The first-order valence-electron chi connectivity index (χ1n) is 8.08. The highest BCUT2D eigenvalue weighted by molar-refractivity contribution is 7.99. The van der Waals surface area contributed by atoms with Crippen molar-refractivity contribution in [1.29, 1.82) is 0 Å². The zero-order chi connectivity index (χ0) is 18.5. The van der Waals surface area contributed by atoms with Crippen LogP contribution in [0.25, 0.3) is 0 Å². The van der Waals surface area contributed by atoms with Gasteiger partial charge in [0.25, 0.3) is 5.69 Å². The minimum absolute atomic E-state index is 0.0109. The van der Waals surface area contributed by atoms with Gasteiger partial charge >= 0.3 is 0 Å². The number of aryl methyl sites for hydroxylation is 1. The van der Waals surface area contributed by atoms with Gasteiger partial charge < -0.3 is 10.1 Å². The third-order valence-electron chi connectivity index (χ3n) is 3.93. The van der Waals surface area contributed by atoms with Crippen LogP contribution in [0.5, 0.6) is 0 Å². The maximum atomic E-state index is 12.2. The number of hydrogen-bond donors (Lipinski definition) is 1. The third kappa shape index (κ3) is 4.55. The van der Waals surface area contributed by atoms with E-state index < -0.39 is 4.92 Å². The zero-order valence-electron chi connectivity index (χ0n) is 14.1. The quantitative estimate of drug-likeness (QED) is 0.439. The summed E-state index contributed by atoms with van der Waals surface area (Å²) in [6.07, 6.45) is 2.12. The van der Waals surface area contributed by atoms with Crippen molar-refractivity contribution in [1.82, 2.24) is 20.2 Å². The fraction of sp³-hybridized carbons (Fsp3) is 0.467. The van der Waals surface area contributed by atoms with E-state index in [0.29, 0.717) is 23.0 Å². The summed E-state index contributed by atoms with van der Waals surface area (Å²) < 4.78 is 7.22.